The largest absolute Gasteiger partial charge is 0.322 e. The molecule has 0 aliphatic carbocycles. The van der Waals surface area contributed by atoms with Crippen molar-refractivity contribution in [3.05, 3.63) is 77.3 Å². The summed E-state index contributed by atoms with van der Waals surface area (Å²) < 4.78 is 3.86. The minimum atomic E-state index is 0.629. The first-order valence-electron chi connectivity index (χ1n) is 7.53. The lowest BCUT2D eigenvalue weighted by Crippen LogP contribution is -1.95. The molecule has 0 aliphatic rings. The molecule has 0 aliphatic heterocycles. The molecule has 5 nitrogen and oxygen atoms in total. The topological polar surface area (TPSA) is 58.9 Å². The summed E-state index contributed by atoms with van der Waals surface area (Å²) in [7, 11) is 0. The molecule has 1 aromatic carbocycles. The summed E-state index contributed by atoms with van der Waals surface area (Å²) >= 11 is 7.61. The molecule has 0 bridgehead atoms. The second kappa shape index (κ2) is 6.63. The highest BCUT2D eigenvalue weighted by Crippen LogP contribution is 2.28. The SMILES string of the molecule is N#Cc1c(CSc2nncn2-c2cccc(Cl)c2)cn2ccccc12. The molecule has 4 aromatic rings. The minimum absolute atomic E-state index is 0.629. The molecular weight excluding hydrogens is 354 g/mol. The van der Waals surface area contributed by atoms with Crippen molar-refractivity contribution < 1.29 is 0 Å². The number of thioether (sulfide) groups is 1. The van der Waals surface area contributed by atoms with Crippen LogP contribution in [0.4, 0.5) is 0 Å². The average Bonchev–Trinajstić information content (AvgIpc) is 3.23. The first-order chi connectivity index (χ1) is 12.3. The summed E-state index contributed by atoms with van der Waals surface area (Å²) in [4.78, 5) is 0. The van der Waals surface area contributed by atoms with Gasteiger partial charge in [0.2, 0.25) is 0 Å². The highest BCUT2D eigenvalue weighted by molar-refractivity contribution is 7.98. The number of aromatic nitrogens is 4. The monoisotopic (exact) mass is 365 g/mol. The van der Waals surface area contributed by atoms with Crippen LogP contribution in [0.3, 0.4) is 0 Å². The Morgan fingerprint density at radius 2 is 2.12 bits per heavy atom. The number of nitrogens with zero attached hydrogens (tertiary/aromatic N) is 5. The van der Waals surface area contributed by atoms with E-state index in [-0.39, 0.29) is 0 Å². The van der Waals surface area contributed by atoms with E-state index < -0.39 is 0 Å². The number of pyridine rings is 1. The summed E-state index contributed by atoms with van der Waals surface area (Å²) in [6.45, 7) is 0. The quantitative estimate of drug-likeness (QED) is 0.505. The smallest absolute Gasteiger partial charge is 0.195 e. The number of benzene rings is 1. The normalized spacial score (nSPS) is 10.9. The number of rotatable bonds is 4. The second-order valence-electron chi connectivity index (χ2n) is 5.39. The van der Waals surface area contributed by atoms with Crippen molar-refractivity contribution in [2.45, 2.75) is 10.9 Å². The lowest BCUT2D eigenvalue weighted by atomic mass is 10.2. The molecule has 122 valence electrons. The Bertz CT molecular complexity index is 1090. The number of hydrogen-bond acceptors (Lipinski definition) is 4. The third kappa shape index (κ3) is 3.00. The Balaban J connectivity index is 1.63. The zero-order valence-corrected chi connectivity index (χ0v) is 14.6. The van der Waals surface area contributed by atoms with Gasteiger partial charge < -0.3 is 4.40 Å². The summed E-state index contributed by atoms with van der Waals surface area (Å²) in [5, 5.41) is 19.1. The molecule has 0 radical (unpaired) electrons. The standard InChI is InChI=1S/C18H12ClN5S/c19-14-4-3-5-15(8-14)24-12-21-22-18(24)25-11-13-10-23-7-2-1-6-17(23)16(13)9-20/h1-8,10,12H,11H2. The molecule has 25 heavy (non-hydrogen) atoms. The van der Waals surface area contributed by atoms with Crippen LogP contribution in [0.15, 0.2) is 66.3 Å². The first-order valence-corrected chi connectivity index (χ1v) is 8.90. The average molecular weight is 366 g/mol. The fourth-order valence-corrected chi connectivity index (χ4v) is 3.77. The molecule has 0 unspecified atom stereocenters. The number of hydrogen-bond donors (Lipinski definition) is 0. The molecule has 7 heteroatoms. The molecule has 0 N–H and O–H groups in total. The van der Waals surface area contributed by atoms with Crippen LogP contribution in [0.2, 0.25) is 5.02 Å². The second-order valence-corrected chi connectivity index (χ2v) is 6.77. The van der Waals surface area contributed by atoms with Crippen molar-refractivity contribution in [2.24, 2.45) is 0 Å². The maximum atomic E-state index is 9.51. The fourth-order valence-electron chi connectivity index (χ4n) is 2.68. The molecule has 0 saturated carbocycles. The van der Waals surface area contributed by atoms with Crippen molar-refractivity contribution in [2.75, 3.05) is 0 Å². The lowest BCUT2D eigenvalue weighted by Gasteiger charge is -2.06. The summed E-state index contributed by atoms with van der Waals surface area (Å²) in [6, 6.07) is 15.7. The van der Waals surface area contributed by atoms with Crippen molar-refractivity contribution in [1.29, 1.82) is 5.26 Å². The van der Waals surface area contributed by atoms with E-state index in [0.29, 0.717) is 16.3 Å². The Kier molecular flexibility index (Phi) is 4.18. The van der Waals surface area contributed by atoms with E-state index in [1.54, 1.807) is 6.33 Å². The van der Waals surface area contributed by atoms with Gasteiger partial charge in [0.1, 0.15) is 12.4 Å². The van der Waals surface area contributed by atoms with Crippen molar-refractivity contribution in [3.8, 4) is 11.8 Å². The Morgan fingerprint density at radius 3 is 2.96 bits per heavy atom. The molecule has 0 atom stereocenters. The molecule has 3 heterocycles. The van der Waals surface area contributed by atoms with Gasteiger partial charge in [0, 0.05) is 23.2 Å². The highest BCUT2D eigenvalue weighted by Gasteiger charge is 2.13. The Morgan fingerprint density at radius 1 is 1.20 bits per heavy atom. The molecule has 3 aromatic heterocycles. The predicted molar refractivity (Wildman–Crippen MR) is 98.0 cm³/mol. The van der Waals surface area contributed by atoms with E-state index in [1.165, 1.54) is 11.8 Å². The molecule has 0 fully saturated rings. The van der Waals surface area contributed by atoms with E-state index in [9.17, 15) is 5.26 Å². The zero-order valence-electron chi connectivity index (χ0n) is 13.0. The Labute approximate surface area is 153 Å². The fraction of sp³-hybridized carbons (Fsp3) is 0.0556. The minimum Gasteiger partial charge on any atom is -0.322 e. The molecule has 0 spiro atoms. The van der Waals surface area contributed by atoms with Crippen LogP contribution >= 0.6 is 23.4 Å². The van der Waals surface area contributed by atoms with Gasteiger partial charge in [-0.05, 0) is 35.9 Å². The molecule has 0 amide bonds. The molecule has 0 saturated heterocycles. The lowest BCUT2D eigenvalue weighted by molar-refractivity contribution is 0.884. The summed E-state index contributed by atoms with van der Waals surface area (Å²) in [5.41, 5.74) is 3.49. The van der Waals surface area contributed by atoms with Crippen LogP contribution in [0, 0.1) is 11.3 Å². The van der Waals surface area contributed by atoms with Gasteiger partial charge in [-0.2, -0.15) is 5.26 Å². The zero-order chi connectivity index (χ0) is 17.2. The van der Waals surface area contributed by atoms with Gasteiger partial charge in [-0.3, -0.25) is 4.57 Å². The van der Waals surface area contributed by atoms with E-state index in [4.69, 9.17) is 11.6 Å². The third-order valence-corrected chi connectivity index (χ3v) is 5.06. The Hall–Kier alpha value is -2.75. The van der Waals surface area contributed by atoms with Crippen LogP contribution < -0.4 is 0 Å². The maximum absolute atomic E-state index is 9.51. The van der Waals surface area contributed by atoms with Crippen molar-refractivity contribution >= 4 is 28.9 Å². The third-order valence-electron chi connectivity index (χ3n) is 3.83. The summed E-state index contributed by atoms with van der Waals surface area (Å²) in [6.07, 6.45) is 5.59. The van der Waals surface area contributed by atoms with Gasteiger partial charge in [-0.15, -0.1) is 10.2 Å². The summed E-state index contributed by atoms with van der Waals surface area (Å²) in [5.74, 6) is 0.629. The predicted octanol–water partition coefficient (Wildman–Crippen LogP) is 4.34. The van der Waals surface area contributed by atoms with Gasteiger partial charge in [0.05, 0.1) is 16.8 Å². The first kappa shape index (κ1) is 15.8. The molecular formula is C18H12ClN5S. The van der Waals surface area contributed by atoms with Gasteiger partial charge in [0.25, 0.3) is 0 Å². The van der Waals surface area contributed by atoms with E-state index in [2.05, 4.69) is 16.3 Å². The van der Waals surface area contributed by atoms with E-state index in [1.807, 2.05) is 63.8 Å². The van der Waals surface area contributed by atoms with Gasteiger partial charge in [-0.25, -0.2) is 0 Å². The van der Waals surface area contributed by atoms with Crippen LogP contribution in [0.25, 0.3) is 11.2 Å². The van der Waals surface area contributed by atoms with Crippen LogP contribution in [0.5, 0.6) is 0 Å². The highest BCUT2D eigenvalue weighted by atomic mass is 35.5. The van der Waals surface area contributed by atoms with Gasteiger partial charge in [-0.1, -0.05) is 35.5 Å². The van der Waals surface area contributed by atoms with E-state index in [0.717, 1.165) is 21.9 Å². The van der Waals surface area contributed by atoms with Crippen LogP contribution in [0.1, 0.15) is 11.1 Å². The van der Waals surface area contributed by atoms with E-state index >= 15 is 0 Å². The van der Waals surface area contributed by atoms with Gasteiger partial charge in [0.15, 0.2) is 5.16 Å². The van der Waals surface area contributed by atoms with Gasteiger partial charge >= 0.3 is 0 Å². The number of halogens is 1. The van der Waals surface area contributed by atoms with Crippen LogP contribution in [-0.2, 0) is 5.75 Å². The number of nitriles is 1. The van der Waals surface area contributed by atoms with Crippen LogP contribution in [-0.4, -0.2) is 19.2 Å². The van der Waals surface area contributed by atoms with Crippen molar-refractivity contribution in [3.63, 3.8) is 0 Å². The number of fused-ring (bicyclic) bond motifs is 1. The maximum Gasteiger partial charge on any atom is 0.195 e. The molecule has 4 rings (SSSR count). The van der Waals surface area contributed by atoms with Crippen molar-refractivity contribution in [1.82, 2.24) is 19.2 Å².